The van der Waals surface area contributed by atoms with Crippen LogP contribution >= 0.6 is 0 Å². The second-order valence-electron chi connectivity index (χ2n) is 10.7. The van der Waals surface area contributed by atoms with E-state index in [0.717, 1.165) is 43.1 Å². The van der Waals surface area contributed by atoms with Gasteiger partial charge in [0.1, 0.15) is 5.82 Å². The molecule has 0 spiro atoms. The van der Waals surface area contributed by atoms with Gasteiger partial charge in [-0.3, -0.25) is 9.69 Å². The number of hydrogen-bond donors (Lipinski definition) is 1. The van der Waals surface area contributed by atoms with E-state index >= 15 is 0 Å². The molecular weight excluding hydrogens is 444 g/mol. The van der Waals surface area contributed by atoms with Crippen LogP contribution in [-0.4, -0.2) is 48.0 Å². The lowest BCUT2D eigenvalue weighted by atomic mass is 9.87. The summed E-state index contributed by atoms with van der Waals surface area (Å²) in [6, 6.07) is 19.2. The van der Waals surface area contributed by atoms with E-state index in [4.69, 9.17) is 0 Å². The number of aromatic nitrogens is 1. The highest BCUT2D eigenvalue weighted by atomic mass is 16.1. The zero-order chi connectivity index (χ0) is 25.8. The van der Waals surface area contributed by atoms with Crippen LogP contribution in [0.1, 0.15) is 74.9 Å². The van der Waals surface area contributed by atoms with Crippen molar-refractivity contribution < 1.29 is 4.79 Å². The first kappa shape index (κ1) is 25.9. The number of amides is 1. The fourth-order valence-corrected chi connectivity index (χ4v) is 4.91. The van der Waals surface area contributed by atoms with Crippen molar-refractivity contribution in [2.24, 2.45) is 0 Å². The molecule has 0 atom stereocenters. The third-order valence-corrected chi connectivity index (χ3v) is 7.20. The molecular formula is C31H40N4O. The molecule has 1 saturated heterocycles. The van der Waals surface area contributed by atoms with Crippen LogP contribution in [0.4, 0.5) is 11.5 Å². The Morgan fingerprint density at radius 1 is 0.833 bits per heavy atom. The van der Waals surface area contributed by atoms with Gasteiger partial charge in [-0.15, -0.1) is 0 Å². The molecule has 0 saturated carbocycles. The summed E-state index contributed by atoms with van der Waals surface area (Å²) in [5.41, 5.74) is 5.95. The maximum Gasteiger partial charge on any atom is 0.256 e. The minimum absolute atomic E-state index is 0.111. The Morgan fingerprint density at radius 2 is 1.53 bits per heavy atom. The lowest BCUT2D eigenvalue weighted by Crippen LogP contribution is -2.49. The maximum atomic E-state index is 13.5. The van der Waals surface area contributed by atoms with Crippen molar-refractivity contribution in [1.29, 1.82) is 0 Å². The van der Waals surface area contributed by atoms with E-state index in [0.29, 0.717) is 29.1 Å². The molecule has 36 heavy (non-hydrogen) atoms. The van der Waals surface area contributed by atoms with Gasteiger partial charge >= 0.3 is 0 Å². The summed E-state index contributed by atoms with van der Waals surface area (Å²) in [6.45, 7) is 17.3. The number of anilines is 2. The van der Waals surface area contributed by atoms with Gasteiger partial charge in [0, 0.05) is 37.8 Å². The molecule has 5 heteroatoms. The molecule has 2 heterocycles. The zero-order valence-electron chi connectivity index (χ0n) is 22.6. The standard InChI is InChI=1S/C31H40N4O/c1-21(2)24-10-12-25(13-11-24)30-27(22(3)4)8-7-9-28(30)31(36)33-26-14-15-29(32-20-26)35-18-16-34(17-19-35)23(5)6/h7-15,20-23H,16-19H2,1-6H3,(H,33,36). The van der Waals surface area contributed by atoms with Gasteiger partial charge in [-0.1, -0.05) is 64.1 Å². The van der Waals surface area contributed by atoms with Gasteiger partial charge in [0.25, 0.3) is 5.91 Å². The van der Waals surface area contributed by atoms with Gasteiger partial charge in [0.15, 0.2) is 0 Å². The first-order chi connectivity index (χ1) is 17.2. The molecule has 1 aromatic heterocycles. The van der Waals surface area contributed by atoms with Crippen LogP contribution in [0.25, 0.3) is 11.1 Å². The Bertz CT molecular complexity index is 1160. The molecule has 0 unspecified atom stereocenters. The Hall–Kier alpha value is -3.18. The molecule has 3 aromatic rings. The van der Waals surface area contributed by atoms with Gasteiger partial charge in [-0.25, -0.2) is 4.98 Å². The molecule has 190 valence electrons. The quantitative estimate of drug-likeness (QED) is 0.402. The third-order valence-electron chi connectivity index (χ3n) is 7.20. The van der Waals surface area contributed by atoms with Crippen molar-refractivity contribution in [3.63, 3.8) is 0 Å². The van der Waals surface area contributed by atoms with Crippen molar-refractivity contribution in [3.8, 4) is 11.1 Å². The fourth-order valence-electron chi connectivity index (χ4n) is 4.91. The topological polar surface area (TPSA) is 48.5 Å². The zero-order valence-corrected chi connectivity index (χ0v) is 22.6. The fraction of sp³-hybridized carbons (Fsp3) is 0.419. The minimum atomic E-state index is -0.111. The number of rotatable bonds is 7. The third kappa shape index (κ3) is 5.79. The number of nitrogens with zero attached hydrogens (tertiary/aromatic N) is 3. The number of carbonyl (C=O) groups is 1. The maximum absolute atomic E-state index is 13.5. The average molecular weight is 485 g/mol. The van der Waals surface area contributed by atoms with Crippen LogP contribution in [0.3, 0.4) is 0 Å². The number of carbonyl (C=O) groups excluding carboxylic acids is 1. The van der Waals surface area contributed by atoms with Crippen LogP contribution in [-0.2, 0) is 0 Å². The molecule has 1 amide bonds. The predicted molar refractivity (Wildman–Crippen MR) is 151 cm³/mol. The van der Waals surface area contributed by atoms with E-state index in [1.807, 2.05) is 24.3 Å². The smallest absolute Gasteiger partial charge is 0.256 e. The van der Waals surface area contributed by atoms with Crippen molar-refractivity contribution in [3.05, 3.63) is 77.5 Å². The molecule has 0 bridgehead atoms. The molecule has 5 nitrogen and oxygen atoms in total. The normalized spacial score (nSPS) is 14.6. The second kappa shape index (κ2) is 11.3. The van der Waals surface area contributed by atoms with E-state index < -0.39 is 0 Å². The Labute approximate surface area is 216 Å². The van der Waals surface area contributed by atoms with Crippen LogP contribution in [0.5, 0.6) is 0 Å². The number of pyridine rings is 1. The molecule has 4 rings (SSSR count). The van der Waals surface area contributed by atoms with E-state index in [1.54, 1.807) is 6.20 Å². The lowest BCUT2D eigenvalue weighted by molar-refractivity contribution is 0.102. The Morgan fingerprint density at radius 3 is 2.08 bits per heavy atom. The molecule has 2 aromatic carbocycles. The van der Waals surface area contributed by atoms with E-state index in [9.17, 15) is 4.79 Å². The Kier molecular flexibility index (Phi) is 8.10. The van der Waals surface area contributed by atoms with Gasteiger partial charge in [-0.2, -0.15) is 0 Å². The first-order valence-corrected chi connectivity index (χ1v) is 13.2. The van der Waals surface area contributed by atoms with Crippen molar-refractivity contribution in [2.45, 2.75) is 59.4 Å². The van der Waals surface area contributed by atoms with Crippen LogP contribution in [0.15, 0.2) is 60.8 Å². The second-order valence-corrected chi connectivity index (χ2v) is 10.7. The van der Waals surface area contributed by atoms with Gasteiger partial charge in [0.2, 0.25) is 0 Å². The summed E-state index contributed by atoms with van der Waals surface area (Å²) in [5.74, 6) is 1.62. The largest absolute Gasteiger partial charge is 0.354 e. The summed E-state index contributed by atoms with van der Waals surface area (Å²) in [5, 5.41) is 3.09. The number of nitrogens with one attached hydrogen (secondary N) is 1. The summed E-state index contributed by atoms with van der Waals surface area (Å²) in [4.78, 5) is 23.0. The molecule has 1 aliphatic heterocycles. The van der Waals surface area contributed by atoms with Gasteiger partial charge < -0.3 is 10.2 Å². The summed E-state index contributed by atoms with van der Waals surface area (Å²) < 4.78 is 0. The van der Waals surface area contributed by atoms with Gasteiger partial charge in [-0.05, 0) is 66.1 Å². The van der Waals surface area contributed by atoms with Gasteiger partial charge in [0.05, 0.1) is 11.9 Å². The van der Waals surface area contributed by atoms with Crippen molar-refractivity contribution in [2.75, 3.05) is 36.4 Å². The lowest BCUT2D eigenvalue weighted by Gasteiger charge is -2.37. The molecule has 0 radical (unpaired) electrons. The highest BCUT2D eigenvalue weighted by Crippen LogP contribution is 2.34. The van der Waals surface area contributed by atoms with Crippen LogP contribution in [0.2, 0.25) is 0 Å². The molecule has 1 N–H and O–H groups in total. The number of benzene rings is 2. The highest BCUT2D eigenvalue weighted by molar-refractivity contribution is 6.09. The van der Waals surface area contributed by atoms with Crippen molar-refractivity contribution >= 4 is 17.4 Å². The predicted octanol–water partition coefficient (Wildman–Crippen LogP) is 6.78. The summed E-state index contributed by atoms with van der Waals surface area (Å²) >= 11 is 0. The summed E-state index contributed by atoms with van der Waals surface area (Å²) in [7, 11) is 0. The minimum Gasteiger partial charge on any atom is -0.354 e. The Balaban J connectivity index is 1.54. The number of hydrogen-bond acceptors (Lipinski definition) is 4. The highest BCUT2D eigenvalue weighted by Gasteiger charge is 2.21. The molecule has 1 aliphatic rings. The molecule has 1 fully saturated rings. The van der Waals surface area contributed by atoms with E-state index in [1.165, 1.54) is 11.1 Å². The first-order valence-electron chi connectivity index (χ1n) is 13.2. The van der Waals surface area contributed by atoms with E-state index in [2.05, 4.69) is 92.0 Å². The van der Waals surface area contributed by atoms with Crippen molar-refractivity contribution in [1.82, 2.24) is 9.88 Å². The average Bonchev–Trinajstić information content (AvgIpc) is 2.88. The summed E-state index contributed by atoms with van der Waals surface area (Å²) in [6.07, 6.45) is 1.77. The van der Waals surface area contributed by atoms with E-state index in [-0.39, 0.29) is 5.91 Å². The molecule has 0 aliphatic carbocycles. The van der Waals surface area contributed by atoms with Crippen LogP contribution in [0, 0.1) is 0 Å². The van der Waals surface area contributed by atoms with Crippen LogP contribution < -0.4 is 10.2 Å². The SMILES string of the molecule is CC(C)c1ccc(-c2c(C(=O)Nc3ccc(N4CCN(C(C)C)CC4)nc3)cccc2C(C)C)cc1. The number of piperazine rings is 1. The monoisotopic (exact) mass is 484 g/mol.